The average Bonchev–Trinajstić information content (AvgIpc) is 2.75. The number of ether oxygens (including phenoxy) is 1. The molecule has 180 valence electrons. The fourth-order valence-corrected chi connectivity index (χ4v) is 2.79. The maximum atomic E-state index is 11.7. The molecule has 12 nitrogen and oxygen atoms in total. The number of benzene rings is 2. The number of carbonyl (C=O) groups excluding carboxylic acids is 1. The first kappa shape index (κ1) is 27.5. The van der Waals surface area contributed by atoms with E-state index in [-0.39, 0.29) is 24.0 Å². The molecule has 0 saturated carbocycles. The Morgan fingerprint density at radius 1 is 1.18 bits per heavy atom. The quantitative estimate of drug-likeness (QED) is 0.0860. The van der Waals surface area contributed by atoms with E-state index in [2.05, 4.69) is 4.99 Å². The molecule has 0 unspecified atom stereocenters. The number of nitrogens with one attached hydrogen (secondary N) is 1. The molecule has 33 heavy (non-hydrogen) atoms. The fraction of sp³-hybridized carbons (Fsp3) is 0.300. The van der Waals surface area contributed by atoms with Crippen LogP contribution >= 0.6 is 0 Å². The van der Waals surface area contributed by atoms with Crippen molar-refractivity contribution in [2.24, 2.45) is 16.5 Å². The van der Waals surface area contributed by atoms with Gasteiger partial charge in [-0.15, -0.1) is 0 Å². The first-order chi connectivity index (χ1) is 15.5. The SMILES string of the molecule is Cc1ccc(S(=O)(=O)O)cc1.NC(=NCCC[C@H](N)C(=O)OCc1ccccc1)N[N+](=O)O. The summed E-state index contributed by atoms with van der Waals surface area (Å²) in [6.07, 6.45) is 0.846. The van der Waals surface area contributed by atoms with Crippen molar-refractivity contribution in [2.75, 3.05) is 6.54 Å². The third-order valence-electron chi connectivity index (χ3n) is 4.01. The number of aliphatic imine (C=N–C) groups is 1. The Balaban J connectivity index is 0.000000412. The molecule has 0 saturated heterocycles. The normalized spacial score (nSPS) is 12.2. The molecule has 0 aliphatic carbocycles. The average molecular weight is 483 g/mol. The highest BCUT2D eigenvalue weighted by atomic mass is 32.2. The van der Waals surface area contributed by atoms with Crippen LogP contribution < -0.4 is 16.9 Å². The third-order valence-corrected chi connectivity index (χ3v) is 4.88. The van der Waals surface area contributed by atoms with Crippen LogP contribution in [0.1, 0.15) is 24.0 Å². The second kappa shape index (κ2) is 13.8. The molecule has 0 aliphatic rings. The van der Waals surface area contributed by atoms with Crippen LogP contribution in [0.3, 0.4) is 0 Å². The zero-order valence-electron chi connectivity index (χ0n) is 18.0. The first-order valence-corrected chi connectivity index (χ1v) is 11.2. The van der Waals surface area contributed by atoms with Gasteiger partial charge in [0.2, 0.25) is 0 Å². The Morgan fingerprint density at radius 2 is 1.79 bits per heavy atom. The molecule has 0 aliphatic heterocycles. The van der Waals surface area contributed by atoms with Crippen LogP contribution in [0.5, 0.6) is 0 Å². The molecule has 0 bridgehead atoms. The Bertz CT molecular complexity index is 1030. The van der Waals surface area contributed by atoms with E-state index in [1.165, 1.54) is 12.1 Å². The molecule has 13 heteroatoms. The minimum Gasteiger partial charge on any atom is -0.460 e. The predicted molar refractivity (Wildman–Crippen MR) is 119 cm³/mol. The predicted octanol–water partition coefficient (Wildman–Crippen LogP) is 1.07. The molecule has 0 spiro atoms. The van der Waals surface area contributed by atoms with Crippen molar-refractivity contribution in [3.63, 3.8) is 0 Å². The van der Waals surface area contributed by atoms with Crippen LogP contribution in [0.25, 0.3) is 0 Å². The largest absolute Gasteiger partial charge is 0.460 e. The lowest BCUT2D eigenvalue weighted by Gasteiger charge is -2.10. The number of nitrogens with zero attached hydrogens (tertiary/aromatic N) is 2. The zero-order valence-corrected chi connectivity index (χ0v) is 18.8. The summed E-state index contributed by atoms with van der Waals surface area (Å²) in [6.45, 7) is 2.28. The van der Waals surface area contributed by atoms with Crippen molar-refractivity contribution in [3.8, 4) is 0 Å². The summed E-state index contributed by atoms with van der Waals surface area (Å²) >= 11 is 0. The van der Waals surface area contributed by atoms with Crippen LogP contribution in [-0.4, -0.2) is 47.7 Å². The van der Waals surface area contributed by atoms with Crippen molar-refractivity contribution < 1.29 is 32.7 Å². The molecule has 1 atom stereocenters. The summed E-state index contributed by atoms with van der Waals surface area (Å²) in [4.78, 5) is 25.6. The van der Waals surface area contributed by atoms with E-state index in [0.29, 0.717) is 12.8 Å². The highest BCUT2D eigenvalue weighted by molar-refractivity contribution is 7.85. The van der Waals surface area contributed by atoms with Gasteiger partial charge in [-0.25, -0.2) is 10.2 Å². The summed E-state index contributed by atoms with van der Waals surface area (Å²) in [6, 6.07) is 14.5. The van der Waals surface area contributed by atoms with Gasteiger partial charge in [0.05, 0.1) is 4.90 Å². The molecule has 0 fully saturated rings. The van der Waals surface area contributed by atoms with E-state index in [1.807, 2.05) is 42.7 Å². The summed E-state index contributed by atoms with van der Waals surface area (Å²) < 4.78 is 34.7. The number of aryl methyl sites for hydroxylation is 1. The number of hydrogen-bond acceptors (Lipinski definition) is 7. The summed E-state index contributed by atoms with van der Waals surface area (Å²) in [5.74, 6) is -0.710. The van der Waals surface area contributed by atoms with Gasteiger partial charge >= 0.3 is 11.0 Å². The number of hydrogen-bond donors (Lipinski definition) is 5. The van der Waals surface area contributed by atoms with Crippen molar-refractivity contribution in [1.82, 2.24) is 5.43 Å². The van der Waals surface area contributed by atoms with Gasteiger partial charge in [-0.2, -0.15) is 8.42 Å². The van der Waals surface area contributed by atoms with Crippen LogP contribution in [0.4, 0.5) is 0 Å². The van der Waals surface area contributed by atoms with Gasteiger partial charge < -0.3 is 16.2 Å². The Hall–Kier alpha value is -3.55. The Kier molecular flexibility index (Phi) is 11.5. The van der Waals surface area contributed by atoms with Crippen molar-refractivity contribution in [3.05, 3.63) is 70.6 Å². The maximum Gasteiger partial charge on any atom is 0.362 e. The van der Waals surface area contributed by atoms with E-state index in [1.54, 1.807) is 12.1 Å². The molecule has 2 rings (SSSR count). The van der Waals surface area contributed by atoms with Gasteiger partial charge in [-0.1, -0.05) is 48.0 Å². The molecule has 7 N–H and O–H groups in total. The number of carbonyl (C=O) groups is 1. The number of guanidine groups is 1. The van der Waals surface area contributed by atoms with Crippen LogP contribution in [0.2, 0.25) is 0 Å². The summed E-state index contributed by atoms with van der Waals surface area (Å²) in [7, 11) is -4.02. The van der Waals surface area contributed by atoms with E-state index in [4.69, 9.17) is 26.0 Å². The van der Waals surface area contributed by atoms with E-state index >= 15 is 0 Å². The molecular weight excluding hydrogens is 454 g/mol. The molecule has 0 amide bonds. The lowest BCUT2D eigenvalue weighted by atomic mass is 10.1. The Labute approximate surface area is 191 Å². The summed E-state index contributed by atoms with van der Waals surface area (Å²) in [5, 5.41) is 7.77. The fourth-order valence-electron chi connectivity index (χ4n) is 2.31. The molecule has 2 aromatic carbocycles. The monoisotopic (exact) mass is 482 g/mol. The second-order valence-electron chi connectivity index (χ2n) is 6.78. The molecule has 0 aromatic heterocycles. The Morgan fingerprint density at radius 3 is 2.33 bits per heavy atom. The van der Waals surface area contributed by atoms with Crippen LogP contribution in [0, 0.1) is 11.8 Å². The standard InChI is InChI=1S/C13H20N5O4.C7H8O3S/c14-11(7-4-8-16-13(15)17-18(20)21)12(19)22-9-10-5-2-1-3-6-10;1-6-2-4-7(5-3-6)11(8,9)10/h1-3,5-6,11H,4,7-9,14H2,(H,20,21)(H3,15,16,17);2-5H,1H3,(H,8,9,10)/q+1;/t11-;/m0./s1. The van der Waals surface area contributed by atoms with Gasteiger partial charge in [0.15, 0.2) is 0 Å². The second-order valence-corrected chi connectivity index (χ2v) is 8.20. The van der Waals surface area contributed by atoms with Gasteiger partial charge in [0.25, 0.3) is 16.1 Å². The van der Waals surface area contributed by atoms with Gasteiger partial charge in [0, 0.05) is 6.54 Å². The highest BCUT2D eigenvalue weighted by Crippen LogP contribution is 2.08. The molecule has 0 radical (unpaired) electrons. The third kappa shape index (κ3) is 12.2. The molecule has 2 aromatic rings. The van der Waals surface area contributed by atoms with Crippen molar-refractivity contribution in [2.45, 2.75) is 37.3 Å². The van der Waals surface area contributed by atoms with Crippen LogP contribution in [-0.2, 0) is 26.3 Å². The van der Waals surface area contributed by atoms with E-state index in [0.717, 1.165) is 11.1 Å². The molecule has 0 heterocycles. The van der Waals surface area contributed by atoms with E-state index in [9.17, 15) is 18.1 Å². The first-order valence-electron chi connectivity index (χ1n) is 9.72. The van der Waals surface area contributed by atoms with Crippen LogP contribution in [0.15, 0.2) is 64.5 Å². The van der Waals surface area contributed by atoms with E-state index < -0.39 is 27.2 Å². The van der Waals surface area contributed by atoms with Crippen molar-refractivity contribution in [1.29, 1.82) is 0 Å². The number of esters is 1. The lowest BCUT2D eigenvalue weighted by Crippen LogP contribution is -2.37. The van der Waals surface area contributed by atoms with Gasteiger partial charge in [-0.3, -0.25) is 9.35 Å². The zero-order chi connectivity index (χ0) is 24.9. The smallest absolute Gasteiger partial charge is 0.362 e. The number of hydrazine groups is 1. The molecular formula is C20H28N5O7S+. The minimum atomic E-state index is -4.02. The maximum absolute atomic E-state index is 11.7. The minimum absolute atomic E-state index is 0.0666. The summed E-state index contributed by atoms with van der Waals surface area (Å²) in [5.41, 5.74) is 14.7. The topological polar surface area (TPSA) is 197 Å². The van der Waals surface area contributed by atoms with Gasteiger partial charge in [-0.05, 0) is 42.9 Å². The number of nitrogens with two attached hydrogens (primary N) is 2. The lowest BCUT2D eigenvalue weighted by molar-refractivity contribution is -0.822. The van der Waals surface area contributed by atoms with Gasteiger partial charge in [0.1, 0.15) is 17.6 Å². The number of rotatable bonds is 9. The van der Waals surface area contributed by atoms with Crippen molar-refractivity contribution >= 4 is 22.0 Å². The highest BCUT2D eigenvalue weighted by Gasteiger charge is 2.14.